The van der Waals surface area contributed by atoms with Crippen LogP contribution in [-0.2, 0) is 19.6 Å². The molecule has 1 unspecified atom stereocenters. The molecule has 0 aromatic rings. The van der Waals surface area contributed by atoms with E-state index in [2.05, 4.69) is 5.32 Å². The van der Waals surface area contributed by atoms with Crippen molar-refractivity contribution >= 4 is 16.0 Å². The Kier molecular flexibility index (Phi) is 5.40. The molecule has 0 bridgehead atoms. The van der Waals surface area contributed by atoms with Crippen molar-refractivity contribution in [3.05, 3.63) is 0 Å². The molecule has 1 heterocycles. The van der Waals surface area contributed by atoms with E-state index in [0.717, 1.165) is 38.6 Å². The fraction of sp³-hybridized carbons (Fsp3) is 0.923. The molecule has 0 amide bonds. The average Bonchev–Trinajstić information content (AvgIpc) is 3.21. The van der Waals surface area contributed by atoms with Gasteiger partial charge in [0.05, 0.1) is 6.61 Å². The minimum atomic E-state index is -3.56. The lowest BCUT2D eigenvalue weighted by Gasteiger charge is -2.29. The molecule has 20 heavy (non-hydrogen) atoms. The lowest BCUT2D eigenvalue weighted by molar-refractivity contribution is -0.140. The van der Waals surface area contributed by atoms with Crippen LogP contribution in [0.4, 0.5) is 0 Å². The van der Waals surface area contributed by atoms with Gasteiger partial charge in [0.1, 0.15) is 0 Å². The van der Waals surface area contributed by atoms with Crippen molar-refractivity contribution in [3.63, 3.8) is 0 Å². The lowest BCUT2D eigenvalue weighted by atomic mass is 10.1. The first-order chi connectivity index (χ1) is 9.53. The number of nitrogens with zero attached hydrogens (tertiary/aromatic N) is 1. The molecule has 2 rings (SSSR count). The number of carbonyl (C=O) groups excluding carboxylic acids is 1. The van der Waals surface area contributed by atoms with Crippen LogP contribution in [0.25, 0.3) is 0 Å². The fourth-order valence-corrected chi connectivity index (χ4v) is 4.20. The van der Waals surface area contributed by atoms with Gasteiger partial charge in [0, 0.05) is 18.6 Å². The van der Waals surface area contributed by atoms with E-state index in [-0.39, 0.29) is 18.7 Å². The van der Waals surface area contributed by atoms with E-state index in [9.17, 15) is 13.2 Å². The monoisotopic (exact) mass is 304 g/mol. The summed E-state index contributed by atoms with van der Waals surface area (Å²) in [5.74, 6) is -1.20. The highest BCUT2D eigenvalue weighted by Crippen LogP contribution is 2.30. The molecule has 1 N–H and O–H groups in total. The number of sulfonamides is 1. The molecule has 6 nitrogen and oxygen atoms in total. The number of hydrogen-bond donors (Lipinski definition) is 1. The topological polar surface area (TPSA) is 75.7 Å². The third-order valence-corrected chi connectivity index (χ3v) is 5.49. The number of hydrogen-bond acceptors (Lipinski definition) is 5. The summed E-state index contributed by atoms with van der Waals surface area (Å²) in [6.45, 7) is 3.31. The molecule has 116 valence electrons. The predicted octanol–water partition coefficient (Wildman–Crippen LogP) is 0.486. The van der Waals surface area contributed by atoms with Gasteiger partial charge in [-0.05, 0) is 39.2 Å². The molecule has 0 aromatic heterocycles. The van der Waals surface area contributed by atoms with Crippen molar-refractivity contribution in [2.75, 3.05) is 25.4 Å². The molecule has 2 fully saturated rings. The van der Waals surface area contributed by atoms with Gasteiger partial charge in [-0.2, -0.15) is 4.31 Å². The van der Waals surface area contributed by atoms with E-state index in [4.69, 9.17) is 4.74 Å². The van der Waals surface area contributed by atoms with Crippen LogP contribution in [-0.4, -0.2) is 56.2 Å². The normalized spacial score (nSPS) is 23.8. The molecule has 0 radical (unpaired) electrons. The second-order valence-electron chi connectivity index (χ2n) is 5.51. The first-order valence-electron chi connectivity index (χ1n) is 7.41. The summed E-state index contributed by atoms with van der Waals surface area (Å²) in [5.41, 5.74) is 0. The Balaban J connectivity index is 1.97. The van der Waals surface area contributed by atoms with Crippen LogP contribution in [0, 0.1) is 0 Å². The van der Waals surface area contributed by atoms with Crippen LogP contribution in [0.2, 0.25) is 0 Å². The summed E-state index contributed by atoms with van der Waals surface area (Å²) < 4.78 is 31.0. The van der Waals surface area contributed by atoms with Crippen molar-refractivity contribution in [3.8, 4) is 0 Å². The van der Waals surface area contributed by atoms with Gasteiger partial charge in [0.15, 0.2) is 5.75 Å². The molecule has 1 saturated carbocycles. The van der Waals surface area contributed by atoms with Crippen molar-refractivity contribution in [2.45, 2.75) is 51.1 Å². The Morgan fingerprint density at radius 1 is 1.30 bits per heavy atom. The van der Waals surface area contributed by atoms with E-state index >= 15 is 0 Å². The lowest BCUT2D eigenvalue weighted by Crippen LogP contribution is -2.48. The summed E-state index contributed by atoms with van der Waals surface area (Å²) in [5, 5.41) is 3.36. The Morgan fingerprint density at radius 3 is 2.60 bits per heavy atom. The van der Waals surface area contributed by atoms with Crippen molar-refractivity contribution in [1.29, 1.82) is 0 Å². The van der Waals surface area contributed by atoms with E-state index < -0.39 is 21.7 Å². The molecular formula is C13H24N2O4S. The smallest absolute Gasteiger partial charge is 0.322 e. The average molecular weight is 304 g/mol. The zero-order valence-electron chi connectivity index (χ0n) is 12.0. The number of nitrogens with one attached hydrogen (secondary N) is 1. The third-order valence-electron chi connectivity index (χ3n) is 3.73. The summed E-state index contributed by atoms with van der Waals surface area (Å²) in [7, 11) is -3.56. The minimum Gasteiger partial charge on any atom is -0.465 e. The zero-order chi connectivity index (χ0) is 14.6. The Hall–Kier alpha value is -0.660. The van der Waals surface area contributed by atoms with Crippen LogP contribution in [0.1, 0.15) is 39.0 Å². The Labute approximate surface area is 120 Å². The summed E-state index contributed by atoms with van der Waals surface area (Å²) in [6.07, 6.45) is 5.07. The van der Waals surface area contributed by atoms with Gasteiger partial charge in [-0.15, -0.1) is 0 Å². The quantitative estimate of drug-likeness (QED) is 0.693. The SMILES string of the molecule is CCOC(=O)CS(=O)(=O)N(CC1CCCCN1)C1CC1. The first kappa shape index (κ1) is 15.7. The Morgan fingerprint density at radius 2 is 2.05 bits per heavy atom. The van der Waals surface area contributed by atoms with E-state index in [1.807, 2.05) is 0 Å². The van der Waals surface area contributed by atoms with Crippen LogP contribution < -0.4 is 5.32 Å². The molecule has 7 heteroatoms. The largest absolute Gasteiger partial charge is 0.465 e. The highest BCUT2D eigenvalue weighted by Gasteiger charge is 2.39. The molecule has 0 spiro atoms. The van der Waals surface area contributed by atoms with Gasteiger partial charge in [-0.25, -0.2) is 8.42 Å². The minimum absolute atomic E-state index is 0.0816. The predicted molar refractivity (Wildman–Crippen MR) is 75.8 cm³/mol. The van der Waals surface area contributed by atoms with Crippen LogP contribution in [0.5, 0.6) is 0 Å². The molecule has 2 aliphatic rings. The van der Waals surface area contributed by atoms with Gasteiger partial charge < -0.3 is 10.1 Å². The molecule has 1 saturated heterocycles. The molecule has 1 atom stereocenters. The molecule has 1 aliphatic heterocycles. The van der Waals surface area contributed by atoms with E-state index in [1.165, 1.54) is 4.31 Å². The van der Waals surface area contributed by atoms with Crippen LogP contribution in [0.15, 0.2) is 0 Å². The summed E-state index contributed by atoms with van der Waals surface area (Å²) >= 11 is 0. The number of ether oxygens (including phenoxy) is 1. The second kappa shape index (κ2) is 6.87. The van der Waals surface area contributed by atoms with Gasteiger partial charge >= 0.3 is 5.97 Å². The van der Waals surface area contributed by atoms with Gasteiger partial charge in [0.25, 0.3) is 0 Å². The molecular weight excluding hydrogens is 280 g/mol. The van der Waals surface area contributed by atoms with Gasteiger partial charge in [-0.3, -0.25) is 4.79 Å². The van der Waals surface area contributed by atoms with Crippen LogP contribution >= 0.6 is 0 Å². The molecule has 1 aliphatic carbocycles. The maximum absolute atomic E-state index is 12.4. The number of esters is 1. The summed E-state index contributed by atoms with van der Waals surface area (Å²) in [4.78, 5) is 11.5. The third kappa shape index (κ3) is 4.43. The maximum Gasteiger partial charge on any atom is 0.322 e. The maximum atomic E-state index is 12.4. The number of rotatable bonds is 7. The van der Waals surface area contributed by atoms with Crippen molar-refractivity contribution in [2.24, 2.45) is 0 Å². The fourth-order valence-electron chi connectivity index (χ4n) is 2.58. The highest BCUT2D eigenvalue weighted by atomic mass is 32.2. The van der Waals surface area contributed by atoms with Crippen molar-refractivity contribution < 1.29 is 17.9 Å². The summed E-state index contributed by atoms with van der Waals surface area (Å²) in [6, 6.07) is 0.291. The first-order valence-corrected chi connectivity index (χ1v) is 9.02. The van der Waals surface area contributed by atoms with Gasteiger partial charge in [0.2, 0.25) is 10.0 Å². The number of piperidine rings is 1. The van der Waals surface area contributed by atoms with E-state index in [0.29, 0.717) is 6.54 Å². The van der Waals surface area contributed by atoms with Gasteiger partial charge in [-0.1, -0.05) is 6.42 Å². The second-order valence-corrected chi connectivity index (χ2v) is 7.43. The van der Waals surface area contributed by atoms with Crippen molar-refractivity contribution in [1.82, 2.24) is 9.62 Å². The number of carbonyl (C=O) groups is 1. The zero-order valence-corrected chi connectivity index (χ0v) is 12.8. The highest BCUT2D eigenvalue weighted by molar-refractivity contribution is 7.89. The molecule has 0 aromatic carbocycles. The van der Waals surface area contributed by atoms with Crippen LogP contribution in [0.3, 0.4) is 0 Å². The standard InChI is InChI=1S/C13H24N2O4S/c1-2-19-13(16)10-20(17,18)15(12-6-7-12)9-11-5-3-4-8-14-11/h11-12,14H,2-10H2,1H3. The Bertz CT molecular complexity index is 428. The van der Waals surface area contributed by atoms with E-state index in [1.54, 1.807) is 6.92 Å².